The topological polar surface area (TPSA) is 59.4 Å². The Balaban J connectivity index is 1.89. The average molecular weight is 435 g/mol. The molecule has 0 saturated heterocycles. The number of aliphatic carboxylic acids is 1. The molecule has 3 aromatic rings. The first-order valence-corrected chi connectivity index (χ1v) is 10.0. The number of ether oxygens (including phenoxy) is 1. The fourth-order valence-corrected chi connectivity index (χ4v) is 3.93. The van der Waals surface area contributed by atoms with Gasteiger partial charge in [-0.25, -0.2) is 0 Å². The zero-order valence-electron chi connectivity index (χ0n) is 16.4. The van der Waals surface area contributed by atoms with E-state index < -0.39 is 17.0 Å². The summed E-state index contributed by atoms with van der Waals surface area (Å²) in [6.45, 7) is 3.38. The van der Waals surface area contributed by atoms with E-state index in [4.69, 9.17) is 9.84 Å². The van der Waals surface area contributed by atoms with Crippen molar-refractivity contribution in [3.8, 4) is 17.0 Å². The van der Waals surface area contributed by atoms with Crippen molar-refractivity contribution < 1.29 is 27.8 Å². The summed E-state index contributed by atoms with van der Waals surface area (Å²) in [7, 11) is 0. The summed E-state index contributed by atoms with van der Waals surface area (Å²) in [5.41, 5.74) is 3.39. The van der Waals surface area contributed by atoms with Gasteiger partial charge in [0, 0.05) is 17.5 Å². The maximum Gasteiger partial charge on any atom is 0.427 e. The van der Waals surface area contributed by atoms with E-state index in [1.165, 1.54) is 0 Å². The van der Waals surface area contributed by atoms with E-state index in [2.05, 4.69) is 4.37 Å². The van der Waals surface area contributed by atoms with E-state index in [1.807, 2.05) is 13.8 Å². The molecule has 0 aliphatic carbocycles. The second-order valence-corrected chi connectivity index (χ2v) is 7.63. The van der Waals surface area contributed by atoms with Crippen LogP contribution in [0.3, 0.4) is 0 Å². The lowest BCUT2D eigenvalue weighted by Crippen LogP contribution is -2.09. The van der Waals surface area contributed by atoms with Gasteiger partial charge in [0.05, 0.1) is 5.69 Å². The molecule has 30 heavy (non-hydrogen) atoms. The molecule has 8 heteroatoms. The molecule has 0 aliphatic heterocycles. The second kappa shape index (κ2) is 8.87. The molecule has 0 fully saturated rings. The first kappa shape index (κ1) is 21.8. The summed E-state index contributed by atoms with van der Waals surface area (Å²) < 4.78 is 50.4. The van der Waals surface area contributed by atoms with Crippen molar-refractivity contribution in [3.05, 3.63) is 69.6 Å². The van der Waals surface area contributed by atoms with Gasteiger partial charge in [-0.05, 0) is 54.6 Å². The highest BCUT2D eigenvalue weighted by molar-refractivity contribution is 7.06. The first-order chi connectivity index (χ1) is 14.2. The molecule has 3 rings (SSSR count). The number of alkyl halides is 3. The van der Waals surface area contributed by atoms with Crippen LogP contribution in [0.4, 0.5) is 13.2 Å². The number of carboxylic acids is 1. The minimum absolute atomic E-state index is 0.00528. The van der Waals surface area contributed by atoms with Crippen molar-refractivity contribution in [2.24, 2.45) is 0 Å². The number of nitrogens with zero attached hydrogens (tertiary/aromatic N) is 1. The van der Waals surface area contributed by atoms with Crippen LogP contribution in [-0.4, -0.2) is 15.4 Å². The highest BCUT2D eigenvalue weighted by Crippen LogP contribution is 2.40. The normalized spacial score (nSPS) is 11.5. The fourth-order valence-electron chi connectivity index (χ4n) is 3.16. The molecule has 1 N–H and O–H groups in total. The van der Waals surface area contributed by atoms with Gasteiger partial charge in [-0.15, -0.1) is 0 Å². The molecule has 0 bridgehead atoms. The summed E-state index contributed by atoms with van der Waals surface area (Å²) in [6, 6.07) is 12.1. The number of aromatic nitrogens is 1. The van der Waals surface area contributed by atoms with Gasteiger partial charge >= 0.3 is 12.1 Å². The molecule has 1 heterocycles. The summed E-state index contributed by atoms with van der Waals surface area (Å²) >= 11 is 0.422. The third-order valence-electron chi connectivity index (χ3n) is 4.92. The molecule has 0 aliphatic rings. The van der Waals surface area contributed by atoms with Crippen LogP contribution in [0.5, 0.6) is 5.75 Å². The zero-order chi connectivity index (χ0) is 21.9. The number of aryl methyl sites for hydroxylation is 1. The van der Waals surface area contributed by atoms with Crippen molar-refractivity contribution in [2.75, 3.05) is 0 Å². The molecule has 0 saturated carbocycles. The van der Waals surface area contributed by atoms with Crippen molar-refractivity contribution in [3.63, 3.8) is 0 Å². The van der Waals surface area contributed by atoms with E-state index in [0.29, 0.717) is 29.3 Å². The Kier molecular flexibility index (Phi) is 6.45. The van der Waals surface area contributed by atoms with E-state index in [0.717, 1.165) is 16.7 Å². The number of carboxylic acid groups (broad SMARTS) is 1. The predicted molar refractivity (Wildman–Crippen MR) is 109 cm³/mol. The van der Waals surface area contributed by atoms with Gasteiger partial charge in [0.1, 0.15) is 17.2 Å². The number of hydrogen-bond donors (Lipinski definition) is 1. The Morgan fingerprint density at radius 3 is 2.43 bits per heavy atom. The van der Waals surface area contributed by atoms with Crippen molar-refractivity contribution in [2.45, 2.75) is 39.5 Å². The Bertz CT molecular complexity index is 1050. The van der Waals surface area contributed by atoms with Crippen LogP contribution in [0.15, 0.2) is 42.5 Å². The largest absolute Gasteiger partial charge is 0.488 e. The Hall–Kier alpha value is -2.87. The lowest BCUT2D eigenvalue weighted by molar-refractivity contribution is -0.137. The third kappa shape index (κ3) is 4.81. The molecule has 0 radical (unpaired) electrons. The molecule has 0 atom stereocenters. The first-order valence-electron chi connectivity index (χ1n) is 9.23. The lowest BCUT2D eigenvalue weighted by Gasteiger charge is -2.15. The van der Waals surface area contributed by atoms with Crippen LogP contribution in [0.2, 0.25) is 0 Å². The molecule has 0 unspecified atom stereocenters. The fraction of sp³-hybridized carbons (Fsp3) is 0.273. The van der Waals surface area contributed by atoms with E-state index >= 15 is 0 Å². The van der Waals surface area contributed by atoms with E-state index in [-0.39, 0.29) is 24.3 Å². The van der Waals surface area contributed by atoms with E-state index in [9.17, 15) is 18.0 Å². The molecule has 1 aromatic heterocycles. The number of benzene rings is 2. The van der Waals surface area contributed by atoms with Gasteiger partial charge in [-0.2, -0.15) is 17.5 Å². The monoisotopic (exact) mass is 435 g/mol. The van der Waals surface area contributed by atoms with Crippen LogP contribution in [0.1, 0.15) is 33.6 Å². The second-order valence-electron chi connectivity index (χ2n) is 6.86. The molecule has 158 valence electrons. The summed E-state index contributed by atoms with van der Waals surface area (Å²) in [5, 5.41) is 8.87. The molecular weight excluding hydrogens is 415 g/mol. The van der Waals surface area contributed by atoms with Gasteiger partial charge in [0.2, 0.25) is 0 Å². The van der Waals surface area contributed by atoms with Gasteiger partial charge in [0.25, 0.3) is 0 Å². The smallest absolute Gasteiger partial charge is 0.427 e. The van der Waals surface area contributed by atoms with Crippen LogP contribution >= 0.6 is 11.5 Å². The Morgan fingerprint density at radius 2 is 1.80 bits per heavy atom. The van der Waals surface area contributed by atoms with Gasteiger partial charge in [-0.3, -0.25) is 4.79 Å². The number of halogens is 3. The minimum Gasteiger partial charge on any atom is -0.488 e. The third-order valence-corrected chi connectivity index (χ3v) is 5.86. The molecule has 0 amide bonds. The van der Waals surface area contributed by atoms with Crippen LogP contribution in [-0.2, 0) is 24.0 Å². The molecular formula is C22H20F3NO3S. The molecule has 4 nitrogen and oxygen atoms in total. The number of rotatable bonds is 7. The Labute approximate surface area is 176 Å². The minimum atomic E-state index is -4.52. The van der Waals surface area contributed by atoms with Gasteiger partial charge < -0.3 is 9.84 Å². The summed E-state index contributed by atoms with van der Waals surface area (Å²) in [4.78, 5) is 10.0. The predicted octanol–water partition coefficient (Wildman–Crippen LogP) is 6.04. The zero-order valence-corrected chi connectivity index (χ0v) is 17.2. The standard InChI is InChI=1S/C22H20F3NO3S/c1-13-14(2)18(10-8-15(13)9-11-19(27)28)29-12-17-20(16-6-4-3-5-7-16)26-30-21(17)22(23,24)25/h3-8,10H,9,11-12H2,1-2H3,(H,27,28). The van der Waals surface area contributed by atoms with Crippen molar-refractivity contribution >= 4 is 17.5 Å². The van der Waals surface area contributed by atoms with Gasteiger partial charge in [0.15, 0.2) is 0 Å². The van der Waals surface area contributed by atoms with Crippen molar-refractivity contribution in [1.82, 2.24) is 4.37 Å². The summed E-state index contributed by atoms with van der Waals surface area (Å²) in [5.74, 6) is -0.421. The molecule has 2 aromatic carbocycles. The molecule has 0 spiro atoms. The van der Waals surface area contributed by atoms with Crippen molar-refractivity contribution in [1.29, 1.82) is 0 Å². The van der Waals surface area contributed by atoms with E-state index in [1.54, 1.807) is 42.5 Å². The average Bonchev–Trinajstić information content (AvgIpc) is 3.13. The van der Waals surface area contributed by atoms with Gasteiger partial charge in [-0.1, -0.05) is 36.4 Å². The highest BCUT2D eigenvalue weighted by atomic mass is 32.1. The lowest BCUT2D eigenvalue weighted by atomic mass is 9.99. The highest BCUT2D eigenvalue weighted by Gasteiger charge is 2.38. The maximum absolute atomic E-state index is 13.5. The number of carbonyl (C=O) groups is 1. The van der Waals surface area contributed by atoms with Crippen LogP contribution in [0.25, 0.3) is 11.3 Å². The quantitative estimate of drug-likeness (QED) is 0.491. The van der Waals surface area contributed by atoms with Crippen LogP contribution < -0.4 is 4.74 Å². The Morgan fingerprint density at radius 1 is 1.10 bits per heavy atom. The van der Waals surface area contributed by atoms with Crippen LogP contribution in [0, 0.1) is 13.8 Å². The summed E-state index contributed by atoms with van der Waals surface area (Å²) in [6.07, 6.45) is -4.13. The maximum atomic E-state index is 13.5. The number of hydrogen-bond acceptors (Lipinski definition) is 4. The SMILES string of the molecule is Cc1c(CCC(=O)O)ccc(OCc2c(-c3ccccc3)nsc2C(F)(F)F)c1C.